The third-order valence-electron chi connectivity index (χ3n) is 1.95. The van der Waals surface area contributed by atoms with Gasteiger partial charge in [-0.15, -0.1) is 0 Å². The molecule has 0 amide bonds. The average molecular weight is 382 g/mol. The molecule has 1 aromatic carbocycles. The Morgan fingerprint density at radius 2 is 1.79 bits per heavy atom. The molecule has 0 saturated heterocycles. The van der Waals surface area contributed by atoms with Crippen LogP contribution in [0.1, 0.15) is 10.4 Å². The quantitative estimate of drug-likeness (QED) is 0.735. The fourth-order valence-electron chi connectivity index (χ4n) is 1.29. The van der Waals surface area contributed by atoms with E-state index in [0.717, 1.165) is 26.1 Å². The smallest absolute Gasteiger partial charge is 0.153 e. The number of halogens is 3. The summed E-state index contributed by atoms with van der Waals surface area (Å²) >= 11 is 10.1. The van der Waals surface area contributed by atoms with E-state index in [1.807, 2.05) is 12.1 Å². The zero-order valence-corrected chi connectivity index (χ0v) is 11.5. The Morgan fingerprint density at radius 1 is 1.14 bits per heavy atom. The number of carbonyl (C=O) groups is 1. The highest BCUT2D eigenvalue weighted by Gasteiger charge is 2.10. The SMILES string of the molecule is O=Cc1c(Br)[nH]c2cc(Br)c(Br)cc12. The Bertz CT molecular complexity index is 518. The molecule has 0 bridgehead atoms. The molecule has 2 nitrogen and oxygen atoms in total. The predicted molar refractivity (Wildman–Crippen MR) is 66.8 cm³/mol. The number of carbonyl (C=O) groups excluding carboxylic acids is 1. The van der Waals surface area contributed by atoms with Crippen molar-refractivity contribution < 1.29 is 4.79 Å². The van der Waals surface area contributed by atoms with E-state index in [-0.39, 0.29) is 0 Å². The molecule has 1 heterocycles. The first-order valence-corrected chi connectivity index (χ1v) is 6.13. The third kappa shape index (κ3) is 1.57. The molecule has 0 aliphatic rings. The van der Waals surface area contributed by atoms with E-state index < -0.39 is 0 Å². The molecule has 2 rings (SSSR count). The van der Waals surface area contributed by atoms with Crippen molar-refractivity contribution in [3.8, 4) is 0 Å². The summed E-state index contributed by atoms with van der Waals surface area (Å²) in [7, 11) is 0. The number of benzene rings is 1. The zero-order valence-electron chi connectivity index (χ0n) is 6.77. The standard InChI is InChI=1S/C9H4Br3NO/c10-6-1-4-5(3-14)9(12)13-8(4)2-7(6)11/h1-3,13H. The van der Waals surface area contributed by atoms with E-state index in [9.17, 15) is 4.79 Å². The summed E-state index contributed by atoms with van der Waals surface area (Å²) in [6, 6.07) is 3.83. The van der Waals surface area contributed by atoms with Crippen LogP contribution in [0.25, 0.3) is 10.9 Å². The van der Waals surface area contributed by atoms with Crippen LogP contribution in [0.4, 0.5) is 0 Å². The first-order chi connectivity index (χ1) is 6.63. The van der Waals surface area contributed by atoms with Gasteiger partial charge in [0.25, 0.3) is 0 Å². The molecule has 1 N–H and O–H groups in total. The molecule has 5 heteroatoms. The van der Waals surface area contributed by atoms with Gasteiger partial charge in [0.15, 0.2) is 6.29 Å². The van der Waals surface area contributed by atoms with Crippen molar-refractivity contribution in [2.45, 2.75) is 0 Å². The summed E-state index contributed by atoms with van der Waals surface area (Å²) < 4.78 is 2.60. The summed E-state index contributed by atoms with van der Waals surface area (Å²) in [5.41, 5.74) is 1.57. The van der Waals surface area contributed by atoms with Gasteiger partial charge in [-0.25, -0.2) is 0 Å². The van der Waals surface area contributed by atoms with Gasteiger partial charge in [0.05, 0.1) is 10.2 Å². The maximum Gasteiger partial charge on any atom is 0.153 e. The minimum Gasteiger partial charge on any atom is -0.349 e. The Morgan fingerprint density at radius 3 is 2.43 bits per heavy atom. The van der Waals surface area contributed by atoms with Gasteiger partial charge in [-0.1, -0.05) is 0 Å². The van der Waals surface area contributed by atoms with Crippen molar-refractivity contribution in [2.75, 3.05) is 0 Å². The van der Waals surface area contributed by atoms with Gasteiger partial charge in [0.2, 0.25) is 0 Å². The van der Waals surface area contributed by atoms with Crippen LogP contribution in [-0.2, 0) is 0 Å². The number of aromatic nitrogens is 1. The number of hydrogen-bond acceptors (Lipinski definition) is 1. The Kier molecular flexibility index (Phi) is 2.81. The van der Waals surface area contributed by atoms with Gasteiger partial charge < -0.3 is 4.98 Å². The molecule has 0 aliphatic heterocycles. The van der Waals surface area contributed by atoms with Crippen molar-refractivity contribution in [1.29, 1.82) is 0 Å². The van der Waals surface area contributed by atoms with Gasteiger partial charge in [-0.05, 0) is 59.9 Å². The summed E-state index contributed by atoms with van der Waals surface area (Å²) in [5, 5.41) is 0.905. The highest BCUT2D eigenvalue weighted by molar-refractivity contribution is 9.13. The van der Waals surface area contributed by atoms with Crippen LogP contribution in [0, 0.1) is 0 Å². The van der Waals surface area contributed by atoms with Crippen LogP contribution in [0.2, 0.25) is 0 Å². The van der Waals surface area contributed by atoms with Crippen LogP contribution in [0.15, 0.2) is 25.7 Å². The lowest BCUT2D eigenvalue weighted by molar-refractivity contribution is 0.112. The molecule has 0 unspecified atom stereocenters. The maximum absolute atomic E-state index is 10.8. The van der Waals surface area contributed by atoms with Crippen molar-refractivity contribution in [3.63, 3.8) is 0 Å². The van der Waals surface area contributed by atoms with E-state index in [2.05, 4.69) is 52.8 Å². The first-order valence-electron chi connectivity index (χ1n) is 3.75. The van der Waals surface area contributed by atoms with E-state index >= 15 is 0 Å². The van der Waals surface area contributed by atoms with Gasteiger partial charge in [-0.3, -0.25) is 4.79 Å². The van der Waals surface area contributed by atoms with Crippen molar-refractivity contribution in [3.05, 3.63) is 31.2 Å². The molecule has 0 saturated carbocycles. The number of fused-ring (bicyclic) bond motifs is 1. The monoisotopic (exact) mass is 379 g/mol. The van der Waals surface area contributed by atoms with Crippen LogP contribution in [0.3, 0.4) is 0 Å². The fourth-order valence-corrected chi connectivity index (χ4v) is 2.50. The molecule has 0 radical (unpaired) electrons. The lowest BCUT2D eigenvalue weighted by atomic mass is 10.2. The number of rotatable bonds is 1. The van der Waals surface area contributed by atoms with Gasteiger partial charge in [-0.2, -0.15) is 0 Å². The molecular weight excluding hydrogens is 378 g/mol. The lowest BCUT2D eigenvalue weighted by Gasteiger charge is -1.96. The van der Waals surface area contributed by atoms with E-state index in [1.165, 1.54) is 0 Å². The number of H-pyrrole nitrogens is 1. The van der Waals surface area contributed by atoms with Crippen LogP contribution in [-0.4, -0.2) is 11.3 Å². The zero-order chi connectivity index (χ0) is 10.3. The molecule has 72 valence electrons. The molecule has 0 spiro atoms. The molecule has 0 aliphatic carbocycles. The van der Waals surface area contributed by atoms with Crippen LogP contribution >= 0.6 is 47.8 Å². The number of aromatic amines is 1. The van der Waals surface area contributed by atoms with E-state index in [0.29, 0.717) is 10.2 Å². The maximum atomic E-state index is 10.8. The highest BCUT2D eigenvalue weighted by atomic mass is 79.9. The van der Waals surface area contributed by atoms with E-state index in [4.69, 9.17) is 0 Å². The predicted octanol–water partition coefficient (Wildman–Crippen LogP) is 4.27. The molecule has 14 heavy (non-hydrogen) atoms. The minimum atomic E-state index is 0.646. The summed E-state index contributed by atoms with van der Waals surface area (Å²) in [6.45, 7) is 0. The van der Waals surface area contributed by atoms with Crippen molar-refractivity contribution in [2.24, 2.45) is 0 Å². The van der Waals surface area contributed by atoms with Crippen LogP contribution in [0.5, 0.6) is 0 Å². The average Bonchev–Trinajstić information content (AvgIpc) is 2.42. The molecule has 0 atom stereocenters. The molecule has 2 aromatic rings. The third-order valence-corrected chi connectivity index (χ3v) is 4.42. The number of hydrogen-bond donors (Lipinski definition) is 1. The summed E-state index contributed by atoms with van der Waals surface area (Å²) in [6.07, 6.45) is 0.837. The second-order valence-corrected chi connectivity index (χ2v) is 5.28. The topological polar surface area (TPSA) is 32.9 Å². The molecule has 1 aromatic heterocycles. The Balaban J connectivity index is 2.89. The number of nitrogens with one attached hydrogen (secondary N) is 1. The van der Waals surface area contributed by atoms with Gasteiger partial charge >= 0.3 is 0 Å². The Hall–Kier alpha value is -0.130. The molecular formula is C9H4Br3NO. The largest absolute Gasteiger partial charge is 0.349 e. The minimum absolute atomic E-state index is 0.646. The summed E-state index contributed by atoms with van der Waals surface area (Å²) in [5.74, 6) is 0. The second-order valence-electron chi connectivity index (χ2n) is 2.78. The van der Waals surface area contributed by atoms with Crippen molar-refractivity contribution in [1.82, 2.24) is 4.98 Å². The molecule has 0 fully saturated rings. The first kappa shape index (κ1) is 10.4. The number of aldehydes is 1. The van der Waals surface area contributed by atoms with Gasteiger partial charge in [0.1, 0.15) is 0 Å². The Labute approximate surface area is 105 Å². The normalized spacial score (nSPS) is 10.8. The van der Waals surface area contributed by atoms with Gasteiger partial charge in [0, 0.05) is 19.8 Å². The van der Waals surface area contributed by atoms with Crippen LogP contribution < -0.4 is 0 Å². The second kappa shape index (κ2) is 3.79. The highest BCUT2D eigenvalue weighted by Crippen LogP contribution is 2.32. The van der Waals surface area contributed by atoms with Crippen molar-refractivity contribution >= 4 is 65.0 Å². The lowest BCUT2D eigenvalue weighted by Crippen LogP contribution is -1.77. The summed E-state index contributed by atoms with van der Waals surface area (Å²) in [4.78, 5) is 13.9. The van der Waals surface area contributed by atoms with E-state index in [1.54, 1.807) is 0 Å². The fraction of sp³-hybridized carbons (Fsp3) is 0.